The van der Waals surface area contributed by atoms with Gasteiger partial charge >= 0.3 is 5.97 Å². The van der Waals surface area contributed by atoms with Gasteiger partial charge in [-0.2, -0.15) is 4.39 Å². The highest BCUT2D eigenvalue weighted by Gasteiger charge is 2.32. The monoisotopic (exact) mass is 327 g/mol. The Labute approximate surface area is 127 Å². The third-order valence-electron chi connectivity index (χ3n) is 3.71. The molecule has 0 aliphatic heterocycles. The van der Waals surface area contributed by atoms with Crippen LogP contribution in [0.5, 0.6) is 5.75 Å². The Morgan fingerprint density at radius 3 is 2.52 bits per heavy atom. The van der Waals surface area contributed by atoms with Crippen LogP contribution in [0.3, 0.4) is 0 Å². The molecule has 0 unspecified atom stereocenters. The normalized spacial score (nSPS) is 14.3. The second-order valence-electron chi connectivity index (χ2n) is 5.24. The molecule has 0 amide bonds. The van der Waals surface area contributed by atoms with Crippen LogP contribution in [-0.2, 0) is 4.74 Å². The van der Waals surface area contributed by atoms with E-state index in [0.717, 1.165) is 6.20 Å². The second kappa shape index (κ2) is 5.29. The van der Waals surface area contributed by atoms with Crippen LogP contribution in [0.2, 0.25) is 0 Å². The minimum atomic E-state index is -1.87. The van der Waals surface area contributed by atoms with E-state index in [1.54, 1.807) is 0 Å². The fourth-order valence-electron chi connectivity index (χ4n) is 2.49. The van der Waals surface area contributed by atoms with Gasteiger partial charge in [0.1, 0.15) is 5.56 Å². The van der Waals surface area contributed by atoms with E-state index in [2.05, 4.69) is 0 Å². The molecule has 1 saturated carbocycles. The molecule has 0 radical (unpaired) electrons. The van der Waals surface area contributed by atoms with Gasteiger partial charge in [0.2, 0.25) is 11.2 Å². The zero-order chi connectivity index (χ0) is 16.9. The molecule has 23 heavy (non-hydrogen) atoms. The molecule has 3 rings (SSSR count). The smallest absolute Gasteiger partial charge is 0.343 e. The molecule has 1 fully saturated rings. The van der Waals surface area contributed by atoms with E-state index in [9.17, 15) is 27.9 Å². The SMILES string of the molecule is CCOC(=O)c1cn(C2CC2)c2c(F)c(F)c(F)c(O)c2c1=O. The van der Waals surface area contributed by atoms with Gasteiger partial charge in [-0.05, 0) is 19.8 Å². The average Bonchev–Trinajstić information content (AvgIpc) is 3.35. The molecule has 1 aliphatic carbocycles. The number of carbonyl (C=O) groups is 1. The summed E-state index contributed by atoms with van der Waals surface area (Å²) in [6, 6.07) is -0.259. The van der Waals surface area contributed by atoms with Gasteiger partial charge in [-0.3, -0.25) is 4.79 Å². The number of benzene rings is 1. The molecule has 0 saturated heterocycles. The molecular formula is C15H12F3NO4. The minimum absolute atomic E-state index is 0.00212. The van der Waals surface area contributed by atoms with Gasteiger partial charge in [-0.15, -0.1) is 0 Å². The van der Waals surface area contributed by atoms with E-state index < -0.39 is 51.1 Å². The summed E-state index contributed by atoms with van der Waals surface area (Å²) in [5, 5.41) is 9.00. The zero-order valence-corrected chi connectivity index (χ0v) is 12.0. The van der Waals surface area contributed by atoms with Crippen molar-refractivity contribution >= 4 is 16.9 Å². The van der Waals surface area contributed by atoms with Gasteiger partial charge in [0.05, 0.1) is 17.5 Å². The van der Waals surface area contributed by atoms with Crippen molar-refractivity contribution in [3.8, 4) is 5.75 Å². The first-order valence-corrected chi connectivity index (χ1v) is 6.99. The Morgan fingerprint density at radius 1 is 1.30 bits per heavy atom. The summed E-state index contributed by atoms with van der Waals surface area (Å²) < 4.78 is 47.3. The number of hydrogen-bond acceptors (Lipinski definition) is 4. The number of aromatic hydroxyl groups is 1. The van der Waals surface area contributed by atoms with E-state index in [1.165, 1.54) is 11.5 Å². The summed E-state index contributed by atoms with van der Waals surface area (Å²) in [4.78, 5) is 24.2. The van der Waals surface area contributed by atoms with Gasteiger partial charge in [0, 0.05) is 12.2 Å². The van der Waals surface area contributed by atoms with E-state index in [0.29, 0.717) is 12.8 Å². The molecule has 1 heterocycles. The molecule has 1 aromatic heterocycles. The summed E-state index contributed by atoms with van der Waals surface area (Å²) in [6.45, 7) is 1.53. The summed E-state index contributed by atoms with van der Waals surface area (Å²) in [5.41, 5.74) is -2.13. The van der Waals surface area contributed by atoms with Gasteiger partial charge in [-0.25, -0.2) is 13.6 Å². The topological polar surface area (TPSA) is 68.5 Å². The lowest BCUT2D eigenvalue weighted by Gasteiger charge is -2.14. The summed E-state index contributed by atoms with van der Waals surface area (Å²) >= 11 is 0. The number of phenols is 1. The number of aromatic nitrogens is 1. The summed E-state index contributed by atoms with van der Waals surface area (Å²) in [6.07, 6.45) is 2.32. The molecule has 0 atom stereocenters. The second-order valence-corrected chi connectivity index (χ2v) is 5.24. The molecule has 1 N–H and O–H groups in total. The maximum atomic E-state index is 14.1. The fourth-order valence-corrected chi connectivity index (χ4v) is 2.49. The van der Waals surface area contributed by atoms with Gasteiger partial charge in [0.15, 0.2) is 17.4 Å². The maximum Gasteiger partial charge on any atom is 0.343 e. The van der Waals surface area contributed by atoms with Crippen LogP contribution < -0.4 is 5.43 Å². The number of rotatable bonds is 3. The number of ether oxygens (including phenoxy) is 1. The maximum absolute atomic E-state index is 14.1. The van der Waals surface area contributed by atoms with Crippen molar-refractivity contribution < 1.29 is 27.8 Å². The minimum Gasteiger partial charge on any atom is -0.504 e. The highest BCUT2D eigenvalue weighted by molar-refractivity contribution is 5.96. The third-order valence-corrected chi connectivity index (χ3v) is 3.71. The number of nitrogens with zero attached hydrogens (tertiary/aromatic N) is 1. The van der Waals surface area contributed by atoms with Crippen LogP contribution in [0.4, 0.5) is 13.2 Å². The first-order chi connectivity index (χ1) is 10.9. The molecule has 0 bridgehead atoms. The number of carbonyl (C=O) groups excluding carboxylic acids is 1. The van der Waals surface area contributed by atoms with Gasteiger partial charge in [-0.1, -0.05) is 0 Å². The first-order valence-electron chi connectivity index (χ1n) is 6.99. The number of hydrogen-bond donors (Lipinski definition) is 1. The quantitative estimate of drug-likeness (QED) is 0.695. The van der Waals surface area contributed by atoms with Crippen molar-refractivity contribution in [3.05, 3.63) is 39.4 Å². The number of halogens is 3. The lowest BCUT2D eigenvalue weighted by Crippen LogP contribution is -2.22. The van der Waals surface area contributed by atoms with Crippen LogP contribution in [0.25, 0.3) is 10.9 Å². The Kier molecular flexibility index (Phi) is 3.54. The first kappa shape index (κ1) is 15.4. The summed E-state index contributed by atoms with van der Waals surface area (Å²) in [5.74, 6) is -7.60. The molecule has 5 nitrogen and oxygen atoms in total. The van der Waals surface area contributed by atoms with Crippen molar-refractivity contribution in [1.82, 2.24) is 4.57 Å². The van der Waals surface area contributed by atoms with Crippen LogP contribution in [-0.4, -0.2) is 22.2 Å². The predicted molar refractivity (Wildman–Crippen MR) is 74.0 cm³/mol. The Balaban J connectivity index is 2.46. The lowest BCUT2D eigenvalue weighted by atomic mass is 10.1. The Bertz CT molecular complexity index is 887. The molecule has 122 valence electrons. The van der Waals surface area contributed by atoms with Crippen molar-refractivity contribution in [2.45, 2.75) is 25.8 Å². The van der Waals surface area contributed by atoms with Crippen LogP contribution in [0, 0.1) is 17.5 Å². The molecule has 1 aromatic carbocycles. The Morgan fingerprint density at radius 2 is 1.96 bits per heavy atom. The number of fused-ring (bicyclic) bond motifs is 1. The van der Waals surface area contributed by atoms with E-state index in [-0.39, 0.29) is 12.6 Å². The average molecular weight is 327 g/mol. The van der Waals surface area contributed by atoms with E-state index in [4.69, 9.17) is 4.74 Å². The highest BCUT2D eigenvalue weighted by Crippen LogP contribution is 2.40. The van der Waals surface area contributed by atoms with Crippen LogP contribution >= 0.6 is 0 Å². The molecule has 1 aliphatic rings. The van der Waals surface area contributed by atoms with Gasteiger partial charge < -0.3 is 14.4 Å². The largest absolute Gasteiger partial charge is 0.504 e. The molecule has 2 aromatic rings. The predicted octanol–water partition coefficient (Wildman–Crippen LogP) is 2.64. The lowest BCUT2D eigenvalue weighted by molar-refractivity contribution is 0.0524. The van der Waals surface area contributed by atoms with Crippen molar-refractivity contribution in [1.29, 1.82) is 0 Å². The van der Waals surface area contributed by atoms with Crippen molar-refractivity contribution in [2.24, 2.45) is 0 Å². The number of pyridine rings is 1. The van der Waals surface area contributed by atoms with Crippen molar-refractivity contribution in [3.63, 3.8) is 0 Å². The van der Waals surface area contributed by atoms with E-state index >= 15 is 0 Å². The molecular weight excluding hydrogens is 315 g/mol. The van der Waals surface area contributed by atoms with Crippen LogP contribution in [0.15, 0.2) is 11.0 Å². The highest BCUT2D eigenvalue weighted by atomic mass is 19.2. The van der Waals surface area contributed by atoms with Gasteiger partial charge in [0.25, 0.3) is 0 Å². The number of phenolic OH excluding ortho intramolecular Hbond substituents is 1. The zero-order valence-electron chi connectivity index (χ0n) is 12.0. The molecule has 0 spiro atoms. The third kappa shape index (κ3) is 2.25. The standard InChI is InChI=1S/C15H12F3NO4/c1-2-23-15(22)7-5-19(6-3-4-6)12-8(13(7)20)14(21)11(18)9(16)10(12)17/h5-6,21H,2-4H2,1H3. The fraction of sp³-hybridized carbons (Fsp3) is 0.333. The Hall–Kier alpha value is -2.51. The molecule has 8 heteroatoms. The number of esters is 1. The van der Waals surface area contributed by atoms with E-state index in [1.807, 2.05) is 0 Å². The van der Waals surface area contributed by atoms with Crippen molar-refractivity contribution in [2.75, 3.05) is 6.61 Å². The van der Waals surface area contributed by atoms with Crippen LogP contribution in [0.1, 0.15) is 36.2 Å². The summed E-state index contributed by atoms with van der Waals surface area (Å²) in [7, 11) is 0.